The van der Waals surface area contributed by atoms with Gasteiger partial charge in [0.2, 0.25) is 0 Å². The fourth-order valence-electron chi connectivity index (χ4n) is 1.03. The highest BCUT2D eigenvalue weighted by atomic mass is 79.9. The second-order valence-electron chi connectivity index (χ2n) is 2.71. The summed E-state index contributed by atoms with van der Waals surface area (Å²) in [5.74, 6) is 1.42. The summed E-state index contributed by atoms with van der Waals surface area (Å²) in [6.07, 6.45) is 1.66. The maximum atomic E-state index is 5.34. The lowest BCUT2D eigenvalue weighted by Crippen LogP contribution is -1.85. The van der Waals surface area contributed by atoms with Gasteiger partial charge in [0.05, 0.1) is 7.11 Å². The van der Waals surface area contributed by atoms with Gasteiger partial charge in [0.25, 0.3) is 0 Å². The zero-order valence-electron chi connectivity index (χ0n) is 7.94. The summed E-state index contributed by atoms with van der Waals surface area (Å²) in [5.41, 5.74) is 0. The molecule has 1 aromatic heterocycles. The van der Waals surface area contributed by atoms with Gasteiger partial charge in [-0.15, -0.1) is 0 Å². The maximum absolute atomic E-state index is 5.34. The molecule has 2 rings (SSSR count). The minimum Gasteiger partial charge on any atom is -0.497 e. The van der Waals surface area contributed by atoms with Crippen LogP contribution in [0.15, 0.2) is 39.5 Å². The van der Waals surface area contributed by atoms with Crippen LogP contribution in [0.5, 0.6) is 17.6 Å². The van der Waals surface area contributed by atoms with Gasteiger partial charge in [0, 0.05) is 0 Å². The number of aromatic nitrogens is 1. The molecule has 1 heterocycles. The van der Waals surface area contributed by atoms with Gasteiger partial charge in [-0.2, -0.15) is 4.98 Å². The number of nitrogens with zero attached hydrogens (tertiary/aromatic N) is 1. The zero-order valence-corrected chi connectivity index (χ0v) is 9.52. The van der Waals surface area contributed by atoms with E-state index in [9.17, 15) is 0 Å². The Morgan fingerprint density at radius 2 is 1.87 bits per heavy atom. The summed E-state index contributed by atoms with van der Waals surface area (Å²) in [4.78, 5) is 3.95. The van der Waals surface area contributed by atoms with E-state index < -0.39 is 0 Å². The van der Waals surface area contributed by atoms with Gasteiger partial charge in [-0.1, -0.05) is 0 Å². The van der Waals surface area contributed by atoms with Crippen LogP contribution in [0.25, 0.3) is 0 Å². The first kappa shape index (κ1) is 10.0. The molecule has 0 amide bonds. The molecule has 0 saturated carbocycles. The first-order chi connectivity index (χ1) is 7.28. The zero-order chi connectivity index (χ0) is 10.7. The Labute approximate surface area is 95.0 Å². The number of hydrogen-bond acceptors (Lipinski definition) is 4. The van der Waals surface area contributed by atoms with Gasteiger partial charge >= 0.3 is 6.08 Å². The SMILES string of the molecule is COc1ccc(Oc2nc(Br)co2)cc1. The lowest BCUT2D eigenvalue weighted by atomic mass is 10.3. The number of benzene rings is 1. The van der Waals surface area contributed by atoms with E-state index in [1.807, 2.05) is 0 Å². The summed E-state index contributed by atoms with van der Waals surface area (Å²) in [7, 11) is 1.61. The minimum absolute atomic E-state index is 0.201. The fourth-order valence-corrected chi connectivity index (χ4v) is 1.27. The van der Waals surface area contributed by atoms with Gasteiger partial charge < -0.3 is 13.9 Å². The number of hydrogen-bond donors (Lipinski definition) is 0. The highest BCUT2D eigenvalue weighted by molar-refractivity contribution is 9.10. The number of methoxy groups -OCH3 is 1. The van der Waals surface area contributed by atoms with Crippen molar-refractivity contribution in [3.8, 4) is 17.6 Å². The normalized spacial score (nSPS) is 10.0. The topological polar surface area (TPSA) is 44.5 Å². The molecule has 0 aliphatic rings. The predicted molar refractivity (Wildman–Crippen MR) is 57.3 cm³/mol. The van der Waals surface area contributed by atoms with Crippen molar-refractivity contribution in [2.75, 3.05) is 7.11 Å². The monoisotopic (exact) mass is 269 g/mol. The van der Waals surface area contributed by atoms with E-state index in [-0.39, 0.29) is 6.08 Å². The highest BCUT2D eigenvalue weighted by Crippen LogP contribution is 2.24. The average molecular weight is 270 g/mol. The summed E-state index contributed by atoms with van der Waals surface area (Å²) in [6.45, 7) is 0. The number of ether oxygens (including phenoxy) is 2. The Hall–Kier alpha value is -1.49. The van der Waals surface area contributed by atoms with Crippen LogP contribution in [0.2, 0.25) is 0 Å². The molecule has 0 radical (unpaired) electrons. The van der Waals surface area contributed by atoms with Gasteiger partial charge in [-0.3, -0.25) is 0 Å². The molecule has 0 spiro atoms. The second-order valence-corrected chi connectivity index (χ2v) is 3.53. The standard InChI is InChI=1S/C10H8BrNO3/c1-13-7-2-4-8(5-3-7)15-10-12-9(11)6-14-10/h2-6H,1H3. The Morgan fingerprint density at radius 1 is 1.20 bits per heavy atom. The molecule has 0 atom stereocenters. The van der Waals surface area contributed by atoms with E-state index in [1.54, 1.807) is 31.4 Å². The van der Waals surface area contributed by atoms with Crippen molar-refractivity contribution in [2.24, 2.45) is 0 Å². The molecule has 78 valence electrons. The van der Waals surface area contributed by atoms with Crippen LogP contribution in [-0.4, -0.2) is 12.1 Å². The van der Waals surface area contributed by atoms with Crippen molar-refractivity contribution in [2.45, 2.75) is 0 Å². The summed E-state index contributed by atoms with van der Waals surface area (Å²) in [6, 6.07) is 7.15. The Morgan fingerprint density at radius 3 is 2.40 bits per heavy atom. The van der Waals surface area contributed by atoms with Gasteiger partial charge in [-0.05, 0) is 40.2 Å². The third-order valence-electron chi connectivity index (χ3n) is 1.72. The van der Waals surface area contributed by atoms with E-state index in [1.165, 1.54) is 6.26 Å². The summed E-state index contributed by atoms with van der Waals surface area (Å²) >= 11 is 3.16. The third-order valence-corrected chi connectivity index (χ3v) is 2.08. The molecule has 5 heteroatoms. The van der Waals surface area contributed by atoms with Crippen LogP contribution in [0.1, 0.15) is 0 Å². The molecule has 0 fully saturated rings. The smallest absolute Gasteiger partial charge is 0.400 e. The molecule has 2 aromatic rings. The van der Waals surface area contributed by atoms with Crippen molar-refractivity contribution >= 4 is 15.9 Å². The van der Waals surface area contributed by atoms with Gasteiger partial charge in [0.1, 0.15) is 22.4 Å². The molecular formula is C10H8BrNO3. The Kier molecular flexibility index (Phi) is 2.91. The lowest BCUT2D eigenvalue weighted by Gasteiger charge is -2.01. The fraction of sp³-hybridized carbons (Fsp3) is 0.100. The van der Waals surface area contributed by atoms with Crippen LogP contribution < -0.4 is 9.47 Å². The molecule has 4 nitrogen and oxygen atoms in total. The molecule has 15 heavy (non-hydrogen) atoms. The Bertz CT molecular complexity index is 438. The highest BCUT2D eigenvalue weighted by Gasteiger charge is 2.03. The summed E-state index contributed by atoms with van der Waals surface area (Å²) in [5, 5.41) is 0. The number of rotatable bonds is 3. The molecule has 1 aromatic carbocycles. The lowest BCUT2D eigenvalue weighted by molar-refractivity contribution is 0.330. The first-order valence-corrected chi connectivity index (χ1v) is 5.00. The maximum Gasteiger partial charge on any atom is 0.400 e. The van der Waals surface area contributed by atoms with Crippen molar-refractivity contribution in [1.29, 1.82) is 0 Å². The average Bonchev–Trinajstić information content (AvgIpc) is 2.65. The molecular weight excluding hydrogens is 262 g/mol. The van der Waals surface area contributed by atoms with E-state index in [0.717, 1.165) is 5.75 Å². The van der Waals surface area contributed by atoms with Crippen molar-refractivity contribution in [1.82, 2.24) is 4.98 Å². The molecule has 0 aliphatic heterocycles. The second kappa shape index (κ2) is 4.35. The van der Waals surface area contributed by atoms with Crippen LogP contribution in [0, 0.1) is 0 Å². The van der Waals surface area contributed by atoms with E-state index in [0.29, 0.717) is 10.4 Å². The number of oxazole rings is 1. The van der Waals surface area contributed by atoms with Crippen LogP contribution in [0.3, 0.4) is 0 Å². The summed E-state index contributed by atoms with van der Waals surface area (Å²) < 4.78 is 16.0. The molecule has 0 aliphatic carbocycles. The minimum atomic E-state index is 0.201. The molecule has 0 unspecified atom stereocenters. The quantitative estimate of drug-likeness (QED) is 0.858. The van der Waals surface area contributed by atoms with E-state index >= 15 is 0 Å². The molecule has 0 N–H and O–H groups in total. The molecule has 0 bridgehead atoms. The predicted octanol–water partition coefficient (Wildman–Crippen LogP) is 3.24. The van der Waals surface area contributed by atoms with E-state index in [4.69, 9.17) is 13.9 Å². The molecule has 0 saturated heterocycles. The van der Waals surface area contributed by atoms with Crippen molar-refractivity contribution in [3.63, 3.8) is 0 Å². The van der Waals surface area contributed by atoms with Gasteiger partial charge in [-0.25, -0.2) is 0 Å². The first-order valence-electron chi connectivity index (χ1n) is 4.21. The van der Waals surface area contributed by atoms with E-state index in [2.05, 4.69) is 20.9 Å². The number of halogens is 1. The third kappa shape index (κ3) is 2.50. The Balaban J connectivity index is 2.11. The van der Waals surface area contributed by atoms with Gasteiger partial charge in [0.15, 0.2) is 0 Å². The largest absolute Gasteiger partial charge is 0.497 e. The van der Waals surface area contributed by atoms with Crippen molar-refractivity contribution < 1.29 is 13.9 Å². The van der Waals surface area contributed by atoms with Crippen LogP contribution in [-0.2, 0) is 0 Å². The van der Waals surface area contributed by atoms with Crippen LogP contribution in [0.4, 0.5) is 0 Å². The van der Waals surface area contributed by atoms with Crippen molar-refractivity contribution in [3.05, 3.63) is 35.1 Å². The van der Waals surface area contributed by atoms with Crippen LogP contribution >= 0.6 is 15.9 Å².